The molecule has 0 aliphatic carbocycles. The molecule has 0 radical (unpaired) electrons. The van der Waals surface area contributed by atoms with Crippen LogP contribution in [0.4, 0.5) is 4.39 Å². The van der Waals surface area contributed by atoms with Gasteiger partial charge in [-0.3, -0.25) is 0 Å². The van der Waals surface area contributed by atoms with Crippen LogP contribution in [0.5, 0.6) is 0 Å². The first kappa shape index (κ1) is 13.4. The fourth-order valence-electron chi connectivity index (χ4n) is 2.34. The Balaban J connectivity index is 2.51. The maximum absolute atomic E-state index is 14.1. The highest BCUT2D eigenvalue weighted by Crippen LogP contribution is 2.38. The highest BCUT2D eigenvalue weighted by molar-refractivity contribution is 9.10. The van der Waals surface area contributed by atoms with Crippen LogP contribution < -0.4 is 5.32 Å². The van der Waals surface area contributed by atoms with Gasteiger partial charge in [-0.25, -0.2) is 4.39 Å². The fourth-order valence-corrected chi connectivity index (χ4v) is 4.21. The van der Waals surface area contributed by atoms with Gasteiger partial charge in [-0.15, -0.1) is 0 Å². The van der Waals surface area contributed by atoms with Gasteiger partial charge in [0.25, 0.3) is 0 Å². The largest absolute Gasteiger partial charge is 0.310 e. The van der Waals surface area contributed by atoms with Crippen molar-refractivity contribution in [2.45, 2.75) is 25.6 Å². The Bertz CT molecular complexity index is 411. The van der Waals surface area contributed by atoms with Gasteiger partial charge in [-0.2, -0.15) is 11.8 Å². The molecule has 1 nitrogen and oxygen atoms in total. The first-order valence-electron chi connectivity index (χ1n) is 5.93. The molecule has 1 aliphatic rings. The molecule has 4 heteroatoms. The van der Waals surface area contributed by atoms with Crippen LogP contribution in [0.15, 0.2) is 16.6 Å². The third kappa shape index (κ3) is 2.69. The molecule has 1 aromatic rings. The SMILES string of the molecule is CCNC1c2c(F)ccc(Br)c2CSCC1C. The van der Waals surface area contributed by atoms with Gasteiger partial charge < -0.3 is 5.32 Å². The summed E-state index contributed by atoms with van der Waals surface area (Å²) in [7, 11) is 0. The number of benzene rings is 1. The van der Waals surface area contributed by atoms with Gasteiger partial charge in [-0.1, -0.05) is 29.8 Å². The Labute approximate surface area is 115 Å². The Morgan fingerprint density at radius 1 is 1.53 bits per heavy atom. The predicted molar refractivity (Wildman–Crippen MR) is 75.8 cm³/mol. The van der Waals surface area contributed by atoms with Crippen LogP contribution in [0.1, 0.15) is 31.0 Å². The van der Waals surface area contributed by atoms with Gasteiger partial charge in [0.2, 0.25) is 0 Å². The molecule has 0 bridgehead atoms. The maximum Gasteiger partial charge on any atom is 0.128 e. The summed E-state index contributed by atoms with van der Waals surface area (Å²) in [6.07, 6.45) is 0. The van der Waals surface area contributed by atoms with Crippen LogP contribution in [-0.4, -0.2) is 12.3 Å². The van der Waals surface area contributed by atoms with Crippen LogP contribution >= 0.6 is 27.7 Å². The van der Waals surface area contributed by atoms with E-state index in [-0.39, 0.29) is 11.9 Å². The normalized spacial score (nSPS) is 24.2. The van der Waals surface area contributed by atoms with E-state index in [9.17, 15) is 4.39 Å². The third-order valence-corrected chi connectivity index (χ3v) is 5.18. The van der Waals surface area contributed by atoms with Gasteiger partial charge in [0.05, 0.1) is 0 Å². The van der Waals surface area contributed by atoms with Crippen molar-refractivity contribution in [2.75, 3.05) is 12.3 Å². The summed E-state index contributed by atoms with van der Waals surface area (Å²) in [5, 5.41) is 3.42. The van der Waals surface area contributed by atoms with Crippen molar-refractivity contribution in [3.63, 3.8) is 0 Å². The van der Waals surface area contributed by atoms with E-state index in [0.717, 1.165) is 33.7 Å². The van der Waals surface area contributed by atoms with Crippen molar-refractivity contribution in [1.82, 2.24) is 5.32 Å². The zero-order chi connectivity index (χ0) is 12.4. The standard InChI is InChI=1S/C13H17BrFNS/c1-3-16-13-8(2)6-17-7-9-10(14)4-5-11(15)12(9)13/h4-5,8,13,16H,3,6-7H2,1-2H3. The summed E-state index contributed by atoms with van der Waals surface area (Å²) in [5.41, 5.74) is 1.98. The number of hydrogen-bond donors (Lipinski definition) is 1. The van der Waals surface area contributed by atoms with E-state index < -0.39 is 0 Å². The monoisotopic (exact) mass is 317 g/mol. The molecule has 94 valence electrons. The molecular weight excluding hydrogens is 301 g/mol. The van der Waals surface area contributed by atoms with Crippen molar-refractivity contribution < 1.29 is 4.39 Å². The number of rotatable bonds is 2. The quantitative estimate of drug-likeness (QED) is 0.880. The molecule has 0 fully saturated rings. The lowest BCUT2D eigenvalue weighted by Crippen LogP contribution is -2.28. The zero-order valence-electron chi connectivity index (χ0n) is 10.1. The van der Waals surface area contributed by atoms with Crippen molar-refractivity contribution >= 4 is 27.7 Å². The summed E-state index contributed by atoms with van der Waals surface area (Å²) in [5.74, 6) is 2.33. The topological polar surface area (TPSA) is 12.0 Å². The molecule has 0 saturated carbocycles. The van der Waals surface area contributed by atoms with Gasteiger partial charge in [0, 0.05) is 21.8 Å². The molecule has 1 heterocycles. The molecule has 2 unspecified atom stereocenters. The molecule has 0 amide bonds. The molecule has 17 heavy (non-hydrogen) atoms. The minimum absolute atomic E-state index is 0.0801. The van der Waals surface area contributed by atoms with Crippen LogP contribution in [0.2, 0.25) is 0 Å². The second-order valence-corrected chi connectivity index (χ2v) is 6.33. The molecular formula is C13H17BrFNS. The summed E-state index contributed by atoms with van der Waals surface area (Å²) >= 11 is 5.42. The molecule has 1 N–H and O–H groups in total. The molecule has 0 aromatic heterocycles. The second kappa shape index (κ2) is 5.72. The number of fused-ring (bicyclic) bond motifs is 1. The zero-order valence-corrected chi connectivity index (χ0v) is 12.5. The minimum Gasteiger partial charge on any atom is -0.310 e. The van der Waals surface area contributed by atoms with Gasteiger partial charge in [-0.05, 0) is 35.9 Å². The fraction of sp³-hybridized carbons (Fsp3) is 0.538. The summed E-state index contributed by atoms with van der Waals surface area (Å²) < 4.78 is 15.1. The maximum atomic E-state index is 14.1. The van der Waals surface area contributed by atoms with E-state index in [1.54, 1.807) is 6.07 Å². The van der Waals surface area contributed by atoms with Crippen LogP contribution in [0.3, 0.4) is 0 Å². The van der Waals surface area contributed by atoms with Crippen molar-refractivity contribution in [1.29, 1.82) is 0 Å². The smallest absolute Gasteiger partial charge is 0.128 e. The predicted octanol–water partition coefficient (Wildman–Crippen LogP) is 4.12. The van der Waals surface area contributed by atoms with E-state index in [4.69, 9.17) is 0 Å². The van der Waals surface area contributed by atoms with Gasteiger partial charge in [0.15, 0.2) is 0 Å². The first-order valence-corrected chi connectivity index (χ1v) is 7.87. The van der Waals surface area contributed by atoms with Crippen molar-refractivity contribution in [2.24, 2.45) is 5.92 Å². The van der Waals surface area contributed by atoms with E-state index in [1.807, 2.05) is 17.8 Å². The molecule has 2 rings (SSSR count). The molecule has 1 aromatic carbocycles. The average Bonchev–Trinajstić information content (AvgIpc) is 2.46. The number of halogens is 2. The summed E-state index contributed by atoms with van der Waals surface area (Å²) in [6.45, 7) is 5.13. The lowest BCUT2D eigenvalue weighted by Gasteiger charge is -2.24. The summed E-state index contributed by atoms with van der Waals surface area (Å²) in [6, 6.07) is 3.51. The van der Waals surface area contributed by atoms with Crippen LogP contribution in [0, 0.1) is 11.7 Å². The minimum atomic E-state index is -0.0801. The van der Waals surface area contributed by atoms with Crippen LogP contribution in [0.25, 0.3) is 0 Å². The van der Waals surface area contributed by atoms with Crippen molar-refractivity contribution in [3.05, 3.63) is 33.5 Å². The number of thioether (sulfide) groups is 1. The van der Waals surface area contributed by atoms with Gasteiger partial charge >= 0.3 is 0 Å². The lowest BCUT2D eigenvalue weighted by molar-refractivity contribution is 0.411. The van der Waals surface area contributed by atoms with E-state index in [0.29, 0.717) is 5.92 Å². The highest BCUT2D eigenvalue weighted by atomic mass is 79.9. The molecule has 0 saturated heterocycles. The van der Waals surface area contributed by atoms with E-state index >= 15 is 0 Å². The second-order valence-electron chi connectivity index (χ2n) is 4.45. The van der Waals surface area contributed by atoms with Gasteiger partial charge in [0.1, 0.15) is 5.82 Å². The molecule has 2 atom stereocenters. The Morgan fingerprint density at radius 2 is 2.29 bits per heavy atom. The third-order valence-electron chi connectivity index (χ3n) is 3.18. The Morgan fingerprint density at radius 3 is 3.00 bits per heavy atom. The Hall–Kier alpha value is -0.0600. The molecule has 1 aliphatic heterocycles. The Kier molecular flexibility index (Phi) is 4.50. The van der Waals surface area contributed by atoms with Crippen LogP contribution in [-0.2, 0) is 5.75 Å². The highest BCUT2D eigenvalue weighted by Gasteiger charge is 2.28. The molecule has 0 spiro atoms. The van der Waals surface area contributed by atoms with E-state index in [1.165, 1.54) is 0 Å². The van der Waals surface area contributed by atoms with E-state index in [2.05, 4.69) is 35.1 Å². The summed E-state index contributed by atoms with van der Waals surface area (Å²) in [4.78, 5) is 0. The lowest BCUT2D eigenvalue weighted by atomic mass is 9.92. The average molecular weight is 318 g/mol. The number of nitrogens with one attached hydrogen (secondary N) is 1. The number of hydrogen-bond acceptors (Lipinski definition) is 2. The first-order chi connectivity index (χ1) is 8.15. The van der Waals surface area contributed by atoms with Crippen molar-refractivity contribution in [3.8, 4) is 0 Å².